The molecule has 12 heavy (non-hydrogen) atoms. The second-order valence-electron chi connectivity index (χ2n) is 3.99. The molecule has 0 bridgehead atoms. The van der Waals surface area contributed by atoms with Crippen molar-refractivity contribution in [3.8, 4) is 0 Å². The molecule has 0 aromatic carbocycles. The topological polar surface area (TPSA) is 3.24 Å². The summed E-state index contributed by atoms with van der Waals surface area (Å²) < 4.78 is 0. The maximum atomic E-state index is 4.17. The van der Waals surface area contributed by atoms with Crippen LogP contribution >= 0.6 is 0 Å². The van der Waals surface area contributed by atoms with E-state index in [-0.39, 0.29) is 0 Å². The summed E-state index contributed by atoms with van der Waals surface area (Å²) in [5.74, 6) is 0.821. The van der Waals surface area contributed by atoms with E-state index >= 15 is 0 Å². The third-order valence-electron chi connectivity index (χ3n) is 2.87. The molecule has 1 aliphatic heterocycles. The van der Waals surface area contributed by atoms with Gasteiger partial charge in [0.2, 0.25) is 0 Å². The minimum atomic E-state index is 0.821. The molecule has 0 aliphatic carbocycles. The second-order valence-corrected chi connectivity index (χ2v) is 3.99. The first-order valence-electron chi connectivity index (χ1n) is 5.10. The smallest absolute Gasteiger partial charge is 0.00161 e. The van der Waals surface area contributed by atoms with Crippen molar-refractivity contribution in [1.82, 2.24) is 4.90 Å². The maximum absolute atomic E-state index is 4.17. The molecule has 70 valence electrons. The van der Waals surface area contributed by atoms with Gasteiger partial charge in [-0.1, -0.05) is 25.5 Å². The number of piperidine rings is 1. The zero-order valence-electron chi connectivity index (χ0n) is 8.47. The molecule has 0 unspecified atom stereocenters. The summed E-state index contributed by atoms with van der Waals surface area (Å²) in [7, 11) is 2.21. The highest BCUT2D eigenvalue weighted by molar-refractivity contribution is 5.01. The molecule has 1 aliphatic rings. The van der Waals surface area contributed by atoms with Gasteiger partial charge in [0.25, 0.3) is 0 Å². The fourth-order valence-electron chi connectivity index (χ4n) is 1.94. The molecule has 0 saturated carbocycles. The number of hydrogen-bond acceptors (Lipinski definition) is 1. The van der Waals surface area contributed by atoms with E-state index in [1.54, 1.807) is 0 Å². The van der Waals surface area contributed by atoms with Crippen molar-refractivity contribution in [2.24, 2.45) is 5.92 Å². The number of nitrogens with zero attached hydrogens (tertiary/aromatic N) is 1. The molecular weight excluding hydrogens is 146 g/mol. The lowest BCUT2D eigenvalue weighted by atomic mass is 9.88. The van der Waals surface area contributed by atoms with Crippen LogP contribution in [0, 0.1) is 5.92 Å². The Labute approximate surface area is 76.5 Å². The predicted octanol–water partition coefficient (Wildman–Crippen LogP) is 2.68. The van der Waals surface area contributed by atoms with Crippen LogP contribution in [-0.2, 0) is 0 Å². The molecule has 0 N–H and O–H groups in total. The maximum Gasteiger partial charge on any atom is -0.00161 e. The van der Waals surface area contributed by atoms with Crippen LogP contribution in [0.25, 0.3) is 0 Å². The average Bonchev–Trinajstić information content (AvgIpc) is 2.06. The SMILES string of the molecule is C=C(CCC)C1CCN(C)CC1. The van der Waals surface area contributed by atoms with Crippen LogP contribution in [0.5, 0.6) is 0 Å². The molecule has 1 saturated heterocycles. The Morgan fingerprint density at radius 2 is 2.00 bits per heavy atom. The van der Waals surface area contributed by atoms with Gasteiger partial charge in [0.05, 0.1) is 0 Å². The van der Waals surface area contributed by atoms with Gasteiger partial charge in [-0.05, 0) is 45.3 Å². The summed E-state index contributed by atoms with van der Waals surface area (Å²) in [4.78, 5) is 2.41. The Morgan fingerprint density at radius 1 is 1.42 bits per heavy atom. The van der Waals surface area contributed by atoms with Gasteiger partial charge in [-0.2, -0.15) is 0 Å². The van der Waals surface area contributed by atoms with Crippen LogP contribution in [0.4, 0.5) is 0 Å². The van der Waals surface area contributed by atoms with Crippen molar-refractivity contribution in [3.63, 3.8) is 0 Å². The molecule has 0 radical (unpaired) electrons. The highest BCUT2D eigenvalue weighted by atomic mass is 15.1. The third kappa shape index (κ3) is 2.63. The molecule has 0 atom stereocenters. The lowest BCUT2D eigenvalue weighted by Crippen LogP contribution is -2.30. The van der Waals surface area contributed by atoms with Crippen molar-refractivity contribution < 1.29 is 0 Å². The Balaban J connectivity index is 2.29. The van der Waals surface area contributed by atoms with Gasteiger partial charge < -0.3 is 4.90 Å². The van der Waals surface area contributed by atoms with E-state index in [1.165, 1.54) is 44.3 Å². The highest BCUT2D eigenvalue weighted by Gasteiger charge is 2.17. The van der Waals surface area contributed by atoms with Crippen LogP contribution < -0.4 is 0 Å². The van der Waals surface area contributed by atoms with Crippen molar-refractivity contribution >= 4 is 0 Å². The Kier molecular flexibility index (Phi) is 3.80. The second kappa shape index (κ2) is 4.66. The zero-order chi connectivity index (χ0) is 8.97. The number of allylic oxidation sites excluding steroid dienone is 1. The standard InChI is InChI=1S/C11H21N/c1-4-5-10(2)11-6-8-12(3)9-7-11/h11H,2,4-9H2,1,3H3. The molecular formula is C11H21N. The molecule has 0 aromatic rings. The van der Waals surface area contributed by atoms with E-state index in [0.717, 1.165) is 5.92 Å². The van der Waals surface area contributed by atoms with Crippen molar-refractivity contribution in [3.05, 3.63) is 12.2 Å². The molecule has 1 nitrogen and oxygen atoms in total. The van der Waals surface area contributed by atoms with E-state index in [9.17, 15) is 0 Å². The molecule has 1 fully saturated rings. The van der Waals surface area contributed by atoms with E-state index in [1.807, 2.05) is 0 Å². The fraction of sp³-hybridized carbons (Fsp3) is 0.818. The summed E-state index contributed by atoms with van der Waals surface area (Å²) in [6.45, 7) is 8.93. The van der Waals surface area contributed by atoms with Gasteiger partial charge in [-0.15, -0.1) is 0 Å². The van der Waals surface area contributed by atoms with E-state index < -0.39 is 0 Å². The van der Waals surface area contributed by atoms with Crippen LogP contribution in [0.15, 0.2) is 12.2 Å². The summed E-state index contributed by atoms with van der Waals surface area (Å²) in [5, 5.41) is 0. The van der Waals surface area contributed by atoms with Gasteiger partial charge in [-0.25, -0.2) is 0 Å². The average molecular weight is 167 g/mol. The van der Waals surface area contributed by atoms with Crippen LogP contribution in [0.2, 0.25) is 0 Å². The van der Waals surface area contributed by atoms with Gasteiger partial charge >= 0.3 is 0 Å². The van der Waals surface area contributed by atoms with Crippen LogP contribution in [-0.4, -0.2) is 25.0 Å². The van der Waals surface area contributed by atoms with Crippen molar-refractivity contribution in [2.75, 3.05) is 20.1 Å². The molecule has 0 aromatic heterocycles. The van der Waals surface area contributed by atoms with Crippen LogP contribution in [0.3, 0.4) is 0 Å². The van der Waals surface area contributed by atoms with E-state index in [0.29, 0.717) is 0 Å². The van der Waals surface area contributed by atoms with Gasteiger partial charge in [0.1, 0.15) is 0 Å². The summed E-state index contributed by atoms with van der Waals surface area (Å²) in [6.07, 6.45) is 5.14. The molecule has 1 heterocycles. The predicted molar refractivity (Wildman–Crippen MR) is 54.3 cm³/mol. The number of likely N-dealkylation sites (tertiary alicyclic amines) is 1. The van der Waals surface area contributed by atoms with Gasteiger partial charge in [-0.3, -0.25) is 0 Å². The first-order chi connectivity index (χ1) is 5.74. The Morgan fingerprint density at radius 3 is 2.50 bits per heavy atom. The van der Waals surface area contributed by atoms with Crippen molar-refractivity contribution in [2.45, 2.75) is 32.6 Å². The first-order valence-corrected chi connectivity index (χ1v) is 5.10. The normalized spacial score (nSPS) is 21.2. The van der Waals surface area contributed by atoms with E-state index in [4.69, 9.17) is 0 Å². The fourth-order valence-corrected chi connectivity index (χ4v) is 1.94. The Bertz CT molecular complexity index is 143. The summed E-state index contributed by atoms with van der Waals surface area (Å²) in [6, 6.07) is 0. The van der Waals surface area contributed by atoms with E-state index in [2.05, 4.69) is 25.5 Å². The minimum absolute atomic E-state index is 0.821. The monoisotopic (exact) mass is 167 g/mol. The number of rotatable bonds is 3. The quantitative estimate of drug-likeness (QED) is 0.584. The van der Waals surface area contributed by atoms with Gasteiger partial charge in [0.15, 0.2) is 0 Å². The third-order valence-corrected chi connectivity index (χ3v) is 2.87. The number of hydrogen-bond donors (Lipinski definition) is 0. The molecule has 1 heteroatoms. The Hall–Kier alpha value is -0.300. The van der Waals surface area contributed by atoms with Gasteiger partial charge in [0, 0.05) is 0 Å². The summed E-state index contributed by atoms with van der Waals surface area (Å²) in [5.41, 5.74) is 1.49. The lowest BCUT2D eigenvalue weighted by Gasteiger charge is -2.30. The van der Waals surface area contributed by atoms with Crippen molar-refractivity contribution in [1.29, 1.82) is 0 Å². The molecule has 1 rings (SSSR count). The molecule has 0 spiro atoms. The zero-order valence-corrected chi connectivity index (χ0v) is 8.47. The summed E-state index contributed by atoms with van der Waals surface area (Å²) >= 11 is 0. The largest absolute Gasteiger partial charge is 0.306 e. The minimum Gasteiger partial charge on any atom is -0.306 e. The molecule has 0 amide bonds. The lowest BCUT2D eigenvalue weighted by molar-refractivity contribution is 0.236. The van der Waals surface area contributed by atoms with Crippen LogP contribution in [0.1, 0.15) is 32.6 Å². The highest BCUT2D eigenvalue weighted by Crippen LogP contribution is 2.25. The first kappa shape index (κ1) is 9.79.